The molecule has 0 saturated carbocycles. The maximum atomic E-state index is 13.1. The van der Waals surface area contributed by atoms with Gasteiger partial charge in [0.2, 0.25) is 0 Å². The van der Waals surface area contributed by atoms with Crippen molar-refractivity contribution in [3.63, 3.8) is 0 Å². The van der Waals surface area contributed by atoms with Crippen LogP contribution >= 0.6 is 0 Å². The first-order valence-electron chi connectivity index (χ1n) is 11.0. The molecule has 0 spiro atoms. The summed E-state index contributed by atoms with van der Waals surface area (Å²) < 4.78 is 17.6. The number of rotatable bonds is 9. The minimum absolute atomic E-state index is 0.274. The SMILES string of the molecule is CCCCOc1cc([C@@H]2CCCN2CC)c(OC)c(C)c1C(=O)Oc1ccccc1. The third-order valence-corrected chi connectivity index (χ3v) is 5.76. The van der Waals surface area contributed by atoms with Crippen molar-refractivity contribution in [2.24, 2.45) is 0 Å². The fraction of sp³-hybridized carbons (Fsp3) is 0.480. The molecule has 1 saturated heterocycles. The highest BCUT2D eigenvalue weighted by Gasteiger charge is 2.31. The lowest BCUT2D eigenvalue weighted by atomic mass is 9.95. The van der Waals surface area contributed by atoms with Crippen LogP contribution in [0.15, 0.2) is 36.4 Å². The second-order valence-electron chi connectivity index (χ2n) is 7.69. The van der Waals surface area contributed by atoms with E-state index in [9.17, 15) is 4.79 Å². The summed E-state index contributed by atoms with van der Waals surface area (Å²) in [6.07, 6.45) is 4.19. The number of para-hydroxylation sites is 1. The Labute approximate surface area is 179 Å². The Kier molecular flexibility index (Phi) is 7.75. The molecule has 0 bridgehead atoms. The molecule has 2 aromatic rings. The summed E-state index contributed by atoms with van der Waals surface area (Å²) in [5, 5.41) is 0. The molecule has 162 valence electrons. The molecule has 30 heavy (non-hydrogen) atoms. The van der Waals surface area contributed by atoms with Gasteiger partial charge < -0.3 is 14.2 Å². The van der Waals surface area contributed by atoms with Gasteiger partial charge in [-0.15, -0.1) is 0 Å². The van der Waals surface area contributed by atoms with E-state index in [0.29, 0.717) is 23.7 Å². The zero-order valence-electron chi connectivity index (χ0n) is 18.6. The molecule has 0 aromatic heterocycles. The molecule has 0 aliphatic carbocycles. The van der Waals surface area contributed by atoms with Crippen molar-refractivity contribution in [2.75, 3.05) is 26.8 Å². The van der Waals surface area contributed by atoms with Gasteiger partial charge >= 0.3 is 5.97 Å². The highest BCUT2D eigenvalue weighted by atomic mass is 16.5. The van der Waals surface area contributed by atoms with Gasteiger partial charge in [-0.05, 0) is 57.5 Å². The molecule has 1 aliphatic heterocycles. The topological polar surface area (TPSA) is 48.0 Å². The maximum absolute atomic E-state index is 13.1. The normalized spacial score (nSPS) is 16.5. The van der Waals surface area contributed by atoms with Gasteiger partial charge in [-0.2, -0.15) is 0 Å². The first kappa shape index (κ1) is 22.2. The predicted molar refractivity (Wildman–Crippen MR) is 119 cm³/mol. The van der Waals surface area contributed by atoms with Crippen molar-refractivity contribution in [3.05, 3.63) is 53.1 Å². The number of hydrogen-bond donors (Lipinski definition) is 0. The van der Waals surface area contributed by atoms with E-state index < -0.39 is 5.97 Å². The highest BCUT2D eigenvalue weighted by Crippen LogP contribution is 2.43. The average molecular weight is 412 g/mol. The molecule has 0 amide bonds. The number of likely N-dealkylation sites (tertiary alicyclic amines) is 1. The first-order chi connectivity index (χ1) is 14.6. The van der Waals surface area contributed by atoms with E-state index >= 15 is 0 Å². The first-order valence-corrected chi connectivity index (χ1v) is 11.0. The summed E-state index contributed by atoms with van der Waals surface area (Å²) in [4.78, 5) is 15.6. The highest BCUT2D eigenvalue weighted by molar-refractivity contribution is 5.96. The van der Waals surface area contributed by atoms with Gasteiger partial charge in [-0.25, -0.2) is 4.79 Å². The average Bonchev–Trinajstić information content (AvgIpc) is 3.23. The molecule has 0 radical (unpaired) electrons. The number of unbranched alkanes of at least 4 members (excludes halogenated alkanes) is 1. The minimum Gasteiger partial charge on any atom is -0.496 e. The smallest absolute Gasteiger partial charge is 0.347 e. The summed E-state index contributed by atoms with van der Waals surface area (Å²) in [5.41, 5.74) is 2.30. The molecular formula is C25H33NO4. The molecule has 1 fully saturated rings. The second-order valence-corrected chi connectivity index (χ2v) is 7.69. The van der Waals surface area contributed by atoms with Crippen molar-refractivity contribution >= 4 is 5.97 Å². The Balaban J connectivity index is 2.04. The molecule has 2 aromatic carbocycles. The molecule has 0 N–H and O–H groups in total. The molecular weight excluding hydrogens is 378 g/mol. The number of methoxy groups -OCH3 is 1. The molecule has 5 heteroatoms. The number of nitrogens with zero attached hydrogens (tertiary/aromatic N) is 1. The van der Waals surface area contributed by atoms with E-state index in [4.69, 9.17) is 14.2 Å². The number of hydrogen-bond acceptors (Lipinski definition) is 5. The Bertz CT molecular complexity index is 850. The van der Waals surface area contributed by atoms with E-state index in [1.165, 1.54) is 0 Å². The Morgan fingerprint density at radius 3 is 2.63 bits per heavy atom. The van der Waals surface area contributed by atoms with E-state index in [1.54, 1.807) is 19.2 Å². The molecule has 3 rings (SSSR count). The van der Waals surface area contributed by atoms with Crippen LogP contribution in [0.3, 0.4) is 0 Å². The lowest BCUT2D eigenvalue weighted by Crippen LogP contribution is -2.24. The van der Waals surface area contributed by atoms with E-state index in [1.807, 2.05) is 31.2 Å². The Morgan fingerprint density at radius 1 is 1.20 bits per heavy atom. The minimum atomic E-state index is -0.422. The summed E-state index contributed by atoms with van der Waals surface area (Å²) >= 11 is 0. The van der Waals surface area contributed by atoms with E-state index in [-0.39, 0.29) is 6.04 Å². The van der Waals surface area contributed by atoms with Gasteiger partial charge in [-0.3, -0.25) is 4.90 Å². The van der Waals surface area contributed by atoms with Crippen molar-refractivity contribution in [1.29, 1.82) is 0 Å². The summed E-state index contributed by atoms with van der Waals surface area (Å²) in [6, 6.07) is 11.4. The van der Waals surface area contributed by atoms with Crippen LogP contribution < -0.4 is 14.2 Å². The maximum Gasteiger partial charge on any atom is 0.347 e. The summed E-state index contributed by atoms with van der Waals surface area (Å²) in [5.74, 6) is 1.43. The second kappa shape index (κ2) is 10.5. The van der Waals surface area contributed by atoms with Crippen LogP contribution in [0.1, 0.15) is 67.1 Å². The van der Waals surface area contributed by atoms with Gasteiger partial charge in [0, 0.05) is 17.2 Å². The van der Waals surface area contributed by atoms with Crippen LogP contribution in [0.4, 0.5) is 0 Å². The van der Waals surface area contributed by atoms with Crippen LogP contribution in [0.2, 0.25) is 0 Å². The van der Waals surface area contributed by atoms with Crippen LogP contribution in [0, 0.1) is 6.92 Å². The van der Waals surface area contributed by atoms with Gasteiger partial charge in [0.05, 0.1) is 13.7 Å². The van der Waals surface area contributed by atoms with Gasteiger partial charge in [0.25, 0.3) is 0 Å². The lowest BCUT2D eigenvalue weighted by Gasteiger charge is -2.27. The van der Waals surface area contributed by atoms with E-state index in [0.717, 1.165) is 55.6 Å². The summed E-state index contributed by atoms with van der Waals surface area (Å²) in [6.45, 7) is 8.85. The van der Waals surface area contributed by atoms with E-state index in [2.05, 4.69) is 18.7 Å². The zero-order valence-corrected chi connectivity index (χ0v) is 18.6. The van der Waals surface area contributed by atoms with Crippen molar-refractivity contribution in [3.8, 4) is 17.2 Å². The standard InChI is InChI=1S/C25H33NO4/c1-5-7-16-29-22-17-20(21-14-11-15-26(21)6-2)24(28-4)18(3)23(22)25(27)30-19-12-9-8-10-13-19/h8-10,12-13,17,21H,5-7,11,14-16H2,1-4H3/t21-/m0/s1. The van der Waals surface area contributed by atoms with Crippen LogP contribution in [-0.4, -0.2) is 37.7 Å². The Morgan fingerprint density at radius 2 is 1.97 bits per heavy atom. The lowest BCUT2D eigenvalue weighted by molar-refractivity contribution is 0.0728. The number of esters is 1. The van der Waals surface area contributed by atoms with Crippen molar-refractivity contribution in [2.45, 2.75) is 52.5 Å². The van der Waals surface area contributed by atoms with Crippen LogP contribution in [0.5, 0.6) is 17.2 Å². The molecule has 1 atom stereocenters. The predicted octanol–water partition coefficient (Wildman–Crippen LogP) is 5.56. The quantitative estimate of drug-likeness (QED) is 0.307. The fourth-order valence-corrected chi connectivity index (χ4v) is 4.21. The number of ether oxygens (including phenoxy) is 3. The molecule has 0 unspecified atom stereocenters. The monoisotopic (exact) mass is 411 g/mol. The third-order valence-electron chi connectivity index (χ3n) is 5.76. The zero-order chi connectivity index (χ0) is 21.5. The van der Waals surface area contributed by atoms with Gasteiger partial charge in [0.15, 0.2) is 0 Å². The molecule has 1 aliphatic rings. The van der Waals surface area contributed by atoms with Crippen molar-refractivity contribution in [1.82, 2.24) is 4.90 Å². The number of carbonyl (C=O) groups is 1. The number of benzene rings is 2. The summed E-state index contributed by atoms with van der Waals surface area (Å²) in [7, 11) is 1.67. The fourth-order valence-electron chi connectivity index (χ4n) is 4.21. The van der Waals surface area contributed by atoms with Gasteiger partial charge in [0.1, 0.15) is 22.8 Å². The molecule has 5 nitrogen and oxygen atoms in total. The Hall–Kier alpha value is -2.53. The third kappa shape index (κ3) is 4.78. The molecule has 1 heterocycles. The van der Waals surface area contributed by atoms with Crippen molar-refractivity contribution < 1.29 is 19.0 Å². The van der Waals surface area contributed by atoms with Crippen LogP contribution in [-0.2, 0) is 0 Å². The van der Waals surface area contributed by atoms with Gasteiger partial charge in [-0.1, -0.05) is 38.5 Å². The number of carbonyl (C=O) groups excluding carboxylic acids is 1. The largest absolute Gasteiger partial charge is 0.496 e. The van der Waals surface area contributed by atoms with Crippen LogP contribution in [0.25, 0.3) is 0 Å².